The lowest BCUT2D eigenvalue weighted by Gasteiger charge is -2.41. The fraction of sp³-hybridized carbons (Fsp3) is 0.600. The highest BCUT2D eigenvalue weighted by molar-refractivity contribution is 5.70. The molecule has 0 aromatic heterocycles. The van der Waals surface area contributed by atoms with E-state index in [0.29, 0.717) is 18.3 Å². The number of halogens is 1. The van der Waals surface area contributed by atoms with Gasteiger partial charge in [0.2, 0.25) is 0 Å². The van der Waals surface area contributed by atoms with Crippen LogP contribution in [-0.4, -0.2) is 43.7 Å². The average molecular weight is 281 g/mol. The zero-order valence-corrected chi connectivity index (χ0v) is 12.5. The van der Waals surface area contributed by atoms with Crippen LogP contribution in [0, 0.1) is 5.82 Å². The molecule has 0 aliphatic carbocycles. The SMILES string of the molecule is CCOc1cc(N2CCN(CC)C(C)C2)c(N)cc1F. The summed E-state index contributed by atoms with van der Waals surface area (Å²) in [6, 6.07) is 3.55. The molecule has 1 aliphatic heterocycles. The Labute approximate surface area is 120 Å². The molecule has 1 aromatic rings. The maximum absolute atomic E-state index is 13.7. The second kappa shape index (κ2) is 6.31. The van der Waals surface area contributed by atoms with Gasteiger partial charge in [-0.1, -0.05) is 6.92 Å². The van der Waals surface area contributed by atoms with Crippen molar-refractivity contribution < 1.29 is 9.13 Å². The van der Waals surface area contributed by atoms with Crippen molar-refractivity contribution >= 4 is 11.4 Å². The second-order valence-corrected chi connectivity index (χ2v) is 5.20. The number of ether oxygens (including phenoxy) is 1. The van der Waals surface area contributed by atoms with Crippen LogP contribution in [0.3, 0.4) is 0 Å². The molecular weight excluding hydrogens is 257 g/mol. The molecule has 2 rings (SSSR count). The molecule has 1 heterocycles. The second-order valence-electron chi connectivity index (χ2n) is 5.20. The molecule has 0 radical (unpaired) electrons. The Bertz CT molecular complexity index is 467. The minimum Gasteiger partial charge on any atom is -0.491 e. The molecule has 1 aromatic carbocycles. The normalized spacial score (nSPS) is 20.2. The van der Waals surface area contributed by atoms with Crippen molar-refractivity contribution in [3.8, 4) is 5.75 Å². The number of rotatable bonds is 4. The lowest BCUT2D eigenvalue weighted by Crippen LogP contribution is -2.51. The van der Waals surface area contributed by atoms with Crippen molar-refractivity contribution in [3.05, 3.63) is 17.9 Å². The number of nitrogen functional groups attached to an aromatic ring is 1. The fourth-order valence-corrected chi connectivity index (χ4v) is 2.78. The highest BCUT2D eigenvalue weighted by Gasteiger charge is 2.24. The van der Waals surface area contributed by atoms with E-state index >= 15 is 0 Å². The van der Waals surface area contributed by atoms with Gasteiger partial charge in [-0.3, -0.25) is 4.90 Å². The van der Waals surface area contributed by atoms with Crippen LogP contribution in [0.15, 0.2) is 12.1 Å². The van der Waals surface area contributed by atoms with Crippen LogP contribution >= 0.6 is 0 Å². The molecule has 0 spiro atoms. The zero-order valence-electron chi connectivity index (χ0n) is 12.5. The third kappa shape index (κ3) is 2.98. The topological polar surface area (TPSA) is 41.7 Å². The van der Waals surface area contributed by atoms with Crippen molar-refractivity contribution in [2.45, 2.75) is 26.8 Å². The summed E-state index contributed by atoms with van der Waals surface area (Å²) in [6.07, 6.45) is 0. The van der Waals surface area contributed by atoms with E-state index in [1.807, 2.05) is 6.92 Å². The largest absolute Gasteiger partial charge is 0.491 e. The average Bonchev–Trinajstić information content (AvgIpc) is 2.42. The fourth-order valence-electron chi connectivity index (χ4n) is 2.78. The van der Waals surface area contributed by atoms with Crippen LogP contribution < -0.4 is 15.4 Å². The minimum atomic E-state index is -0.395. The van der Waals surface area contributed by atoms with Gasteiger partial charge in [-0.25, -0.2) is 4.39 Å². The number of benzene rings is 1. The van der Waals surface area contributed by atoms with Gasteiger partial charge < -0.3 is 15.4 Å². The molecule has 0 saturated carbocycles. The molecule has 1 saturated heterocycles. The summed E-state index contributed by atoms with van der Waals surface area (Å²) in [6.45, 7) is 10.5. The van der Waals surface area contributed by atoms with E-state index in [1.165, 1.54) is 6.07 Å². The summed E-state index contributed by atoms with van der Waals surface area (Å²) < 4.78 is 19.1. The Balaban J connectivity index is 2.22. The van der Waals surface area contributed by atoms with Gasteiger partial charge in [-0.05, 0) is 20.4 Å². The van der Waals surface area contributed by atoms with Gasteiger partial charge in [0.15, 0.2) is 11.6 Å². The van der Waals surface area contributed by atoms with Gasteiger partial charge in [0.1, 0.15) is 0 Å². The minimum absolute atomic E-state index is 0.280. The number of piperazine rings is 1. The summed E-state index contributed by atoms with van der Waals surface area (Å²) in [5.74, 6) is -0.115. The first kappa shape index (κ1) is 14.9. The molecule has 0 bridgehead atoms. The van der Waals surface area contributed by atoms with Gasteiger partial charge in [0.25, 0.3) is 0 Å². The first-order chi connectivity index (χ1) is 9.56. The van der Waals surface area contributed by atoms with E-state index in [0.717, 1.165) is 31.9 Å². The molecular formula is C15H24FN3O. The van der Waals surface area contributed by atoms with Gasteiger partial charge in [0.05, 0.1) is 18.0 Å². The highest BCUT2D eigenvalue weighted by Crippen LogP contribution is 2.32. The standard InChI is InChI=1S/C15H24FN3O/c1-4-18-6-7-19(10-11(18)3)14-9-15(20-5-2)12(16)8-13(14)17/h8-9,11H,4-7,10,17H2,1-3H3. The van der Waals surface area contributed by atoms with E-state index in [2.05, 4.69) is 23.6 Å². The van der Waals surface area contributed by atoms with Crippen LogP contribution in [0.1, 0.15) is 20.8 Å². The monoisotopic (exact) mass is 281 g/mol. The van der Waals surface area contributed by atoms with Crippen LogP contribution in [0.2, 0.25) is 0 Å². The smallest absolute Gasteiger partial charge is 0.167 e. The van der Waals surface area contributed by atoms with Crippen molar-refractivity contribution in [1.82, 2.24) is 4.90 Å². The van der Waals surface area contributed by atoms with Crippen LogP contribution in [0.5, 0.6) is 5.75 Å². The summed E-state index contributed by atoms with van der Waals surface area (Å²) in [5, 5.41) is 0. The molecule has 0 amide bonds. The molecule has 1 atom stereocenters. The van der Waals surface area contributed by atoms with Crippen LogP contribution in [0.4, 0.5) is 15.8 Å². The number of nitrogens with two attached hydrogens (primary N) is 1. The maximum Gasteiger partial charge on any atom is 0.167 e. The summed E-state index contributed by atoms with van der Waals surface area (Å²) >= 11 is 0. The molecule has 20 heavy (non-hydrogen) atoms. The van der Waals surface area contributed by atoms with Crippen molar-refractivity contribution in [2.75, 3.05) is 43.4 Å². The van der Waals surface area contributed by atoms with Gasteiger partial charge >= 0.3 is 0 Å². The number of hydrogen-bond donors (Lipinski definition) is 1. The predicted molar refractivity (Wildman–Crippen MR) is 80.9 cm³/mol. The molecule has 112 valence electrons. The number of anilines is 2. The summed E-state index contributed by atoms with van der Waals surface area (Å²) in [5.41, 5.74) is 7.33. The van der Waals surface area contributed by atoms with Crippen molar-refractivity contribution in [2.24, 2.45) is 0 Å². The van der Waals surface area contributed by atoms with Crippen LogP contribution in [-0.2, 0) is 0 Å². The molecule has 1 fully saturated rings. The molecule has 1 aliphatic rings. The van der Waals surface area contributed by atoms with E-state index in [4.69, 9.17) is 10.5 Å². The third-order valence-electron chi connectivity index (χ3n) is 3.89. The number of likely N-dealkylation sites (N-methyl/N-ethyl adjacent to an activating group) is 1. The third-order valence-corrected chi connectivity index (χ3v) is 3.89. The predicted octanol–water partition coefficient (Wildman–Crippen LogP) is 2.34. The Kier molecular flexibility index (Phi) is 4.70. The zero-order chi connectivity index (χ0) is 14.7. The Morgan fingerprint density at radius 2 is 2.10 bits per heavy atom. The maximum atomic E-state index is 13.7. The Morgan fingerprint density at radius 3 is 2.70 bits per heavy atom. The van der Waals surface area contributed by atoms with E-state index in [1.54, 1.807) is 6.07 Å². The van der Waals surface area contributed by atoms with Gasteiger partial charge in [0, 0.05) is 37.8 Å². The Hall–Kier alpha value is -1.49. The highest BCUT2D eigenvalue weighted by atomic mass is 19.1. The van der Waals surface area contributed by atoms with Gasteiger partial charge in [-0.2, -0.15) is 0 Å². The summed E-state index contributed by atoms with van der Waals surface area (Å²) in [7, 11) is 0. The summed E-state index contributed by atoms with van der Waals surface area (Å²) in [4.78, 5) is 4.65. The molecule has 1 unspecified atom stereocenters. The Morgan fingerprint density at radius 1 is 1.35 bits per heavy atom. The lowest BCUT2D eigenvalue weighted by molar-refractivity contribution is 0.199. The first-order valence-corrected chi connectivity index (χ1v) is 7.27. The van der Waals surface area contributed by atoms with E-state index in [9.17, 15) is 4.39 Å². The lowest BCUT2D eigenvalue weighted by atomic mass is 10.1. The first-order valence-electron chi connectivity index (χ1n) is 7.27. The van der Waals surface area contributed by atoms with Gasteiger partial charge in [-0.15, -0.1) is 0 Å². The van der Waals surface area contributed by atoms with Crippen LogP contribution in [0.25, 0.3) is 0 Å². The number of hydrogen-bond acceptors (Lipinski definition) is 4. The van der Waals surface area contributed by atoms with E-state index < -0.39 is 5.82 Å². The van der Waals surface area contributed by atoms with Crippen molar-refractivity contribution in [1.29, 1.82) is 0 Å². The molecule has 4 nitrogen and oxygen atoms in total. The molecule has 5 heteroatoms. The van der Waals surface area contributed by atoms with E-state index in [-0.39, 0.29) is 5.75 Å². The van der Waals surface area contributed by atoms with Crippen molar-refractivity contribution in [3.63, 3.8) is 0 Å². The molecule has 2 N–H and O–H groups in total. The number of nitrogens with zero attached hydrogens (tertiary/aromatic N) is 2. The quantitative estimate of drug-likeness (QED) is 0.860.